The third kappa shape index (κ3) is 46.4. The smallest absolute Gasteiger partial charge is 0.457 e. The molecule has 9 heteroatoms. The Morgan fingerprint density at radius 2 is 0.772 bits per heavy atom. The summed E-state index contributed by atoms with van der Waals surface area (Å²) in [6.45, 7) is 5.01. The molecule has 342 valence electrons. The Balaban J connectivity index is 3.89. The predicted molar refractivity (Wildman–Crippen MR) is 243 cm³/mol. The number of phosphoric ester groups is 1. The van der Waals surface area contributed by atoms with Gasteiger partial charge in [-0.15, -0.1) is 0 Å². The number of hydrogen-bond donors (Lipinski definition) is 2. The summed E-state index contributed by atoms with van der Waals surface area (Å²) in [6.07, 6.45) is 49.9. The number of unbranched alkanes of at least 4 members (excludes halogenated alkanes) is 36. The number of hydrogen-bond acceptors (Lipinski definition) is 7. The number of nitrogens with two attached hydrogens (primary N) is 1. The number of rotatable bonds is 49. The second kappa shape index (κ2) is 46.6. The average molecular weight is 832 g/mol. The second-order valence-corrected chi connectivity index (χ2v) is 18.5. The molecule has 0 saturated heterocycles. The van der Waals surface area contributed by atoms with Gasteiger partial charge < -0.3 is 20.1 Å². The Morgan fingerprint density at radius 3 is 1.11 bits per heavy atom. The maximum Gasteiger partial charge on any atom is 0.472 e. The van der Waals surface area contributed by atoms with E-state index < -0.39 is 13.9 Å². The maximum absolute atomic E-state index is 12.6. The molecule has 0 fully saturated rings. The number of esters is 1. The summed E-state index contributed by atoms with van der Waals surface area (Å²) in [6, 6.07) is 0. The van der Waals surface area contributed by atoms with E-state index in [-0.39, 0.29) is 32.3 Å². The van der Waals surface area contributed by atoms with E-state index >= 15 is 0 Å². The fourth-order valence-electron chi connectivity index (χ4n) is 7.59. The zero-order valence-electron chi connectivity index (χ0n) is 38.1. The molecule has 57 heavy (non-hydrogen) atoms. The quantitative estimate of drug-likeness (QED) is 0.0354. The van der Waals surface area contributed by atoms with Crippen LogP contribution in [0.3, 0.4) is 0 Å². The molecule has 0 aliphatic carbocycles. The summed E-state index contributed by atoms with van der Waals surface area (Å²) in [4.78, 5) is 22.6. The summed E-state index contributed by atoms with van der Waals surface area (Å²) in [7, 11) is -4.27. The Morgan fingerprint density at radius 1 is 0.456 bits per heavy atom. The molecule has 0 bridgehead atoms. The molecule has 0 aromatic carbocycles. The minimum atomic E-state index is -4.27. The van der Waals surface area contributed by atoms with Gasteiger partial charge in [0.05, 0.1) is 19.8 Å². The van der Waals surface area contributed by atoms with Crippen LogP contribution in [0.4, 0.5) is 0 Å². The van der Waals surface area contributed by atoms with Crippen molar-refractivity contribution < 1.29 is 32.8 Å². The van der Waals surface area contributed by atoms with Gasteiger partial charge in [-0.1, -0.05) is 245 Å². The maximum atomic E-state index is 12.6. The molecule has 0 rings (SSSR count). The zero-order valence-corrected chi connectivity index (χ0v) is 39.0. The lowest BCUT2D eigenvalue weighted by atomic mass is 10.0. The summed E-state index contributed by atoms with van der Waals surface area (Å²) in [5, 5.41) is 0. The van der Waals surface area contributed by atoms with Crippen molar-refractivity contribution >= 4 is 13.8 Å². The summed E-state index contributed by atoms with van der Waals surface area (Å²) in [5.74, 6) is -0.321. The molecule has 0 aliphatic rings. The molecule has 8 nitrogen and oxygen atoms in total. The van der Waals surface area contributed by atoms with Gasteiger partial charge in [-0.2, -0.15) is 0 Å². The van der Waals surface area contributed by atoms with Gasteiger partial charge in [0.25, 0.3) is 0 Å². The van der Waals surface area contributed by atoms with Crippen molar-refractivity contribution in [2.45, 2.75) is 270 Å². The van der Waals surface area contributed by atoms with E-state index in [1.807, 2.05) is 0 Å². The zero-order chi connectivity index (χ0) is 41.6. The number of carbonyl (C=O) groups excluding carboxylic acids is 1. The van der Waals surface area contributed by atoms with Crippen LogP contribution in [0.1, 0.15) is 264 Å². The number of phosphoric acid groups is 1. The van der Waals surface area contributed by atoms with Gasteiger partial charge >= 0.3 is 13.8 Å². The van der Waals surface area contributed by atoms with Gasteiger partial charge in [0.2, 0.25) is 0 Å². The van der Waals surface area contributed by atoms with Gasteiger partial charge in [-0.25, -0.2) is 4.57 Å². The molecular formula is C48H98NO7P. The van der Waals surface area contributed by atoms with Crippen LogP contribution in [-0.2, 0) is 27.9 Å². The third-order valence-corrected chi connectivity index (χ3v) is 12.3. The van der Waals surface area contributed by atoms with Crippen LogP contribution in [0.15, 0.2) is 0 Å². The first-order valence-corrected chi connectivity index (χ1v) is 26.5. The normalized spacial score (nSPS) is 13.3. The first-order chi connectivity index (χ1) is 27.9. The van der Waals surface area contributed by atoms with Gasteiger partial charge in [-0.3, -0.25) is 13.8 Å². The van der Waals surface area contributed by atoms with Gasteiger partial charge in [-0.05, 0) is 12.8 Å². The van der Waals surface area contributed by atoms with E-state index in [9.17, 15) is 14.3 Å². The van der Waals surface area contributed by atoms with Crippen molar-refractivity contribution in [3.05, 3.63) is 0 Å². The summed E-state index contributed by atoms with van der Waals surface area (Å²) < 4.78 is 33.6. The standard InChI is InChI=1S/C48H98NO7P/c1-3-5-7-9-11-13-15-17-19-21-23-24-26-28-30-32-34-36-38-40-43-53-45-47(46-55-57(51,52)54-44-42-49)56-48(50)41-39-37-35-33-31-29-27-25-22-20-18-16-14-12-10-8-6-4-2/h47H,3-46,49H2,1-2H3,(H,51,52). The van der Waals surface area contributed by atoms with Gasteiger partial charge in [0, 0.05) is 19.6 Å². The van der Waals surface area contributed by atoms with E-state index in [0.717, 1.165) is 32.1 Å². The van der Waals surface area contributed by atoms with Crippen molar-refractivity contribution in [1.82, 2.24) is 0 Å². The molecule has 2 atom stereocenters. The summed E-state index contributed by atoms with van der Waals surface area (Å²) in [5.41, 5.74) is 5.39. The average Bonchev–Trinajstić information content (AvgIpc) is 3.20. The highest BCUT2D eigenvalue weighted by Gasteiger charge is 2.25. The Kier molecular flexibility index (Phi) is 46.2. The van der Waals surface area contributed by atoms with Crippen molar-refractivity contribution in [2.24, 2.45) is 5.73 Å². The minimum Gasteiger partial charge on any atom is -0.457 e. The SMILES string of the molecule is CCCCCCCCCCCCCCCCCCCCCCOCC(COP(=O)(O)OCCN)OC(=O)CCCCCCCCCCCCCCCCCCCC. The fourth-order valence-corrected chi connectivity index (χ4v) is 8.35. The number of carbonyl (C=O) groups is 1. The van der Waals surface area contributed by atoms with Crippen molar-refractivity contribution in [3.63, 3.8) is 0 Å². The van der Waals surface area contributed by atoms with Crippen LogP contribution in [0, 0.1) is 0 Å². The van der Waals surface area contributed by atoms with Crippen LogP contribution < -0.4 is 5.73 Å². The molecule has 0 amide bonds. The number of ether oxygens (including phenoxy) is 2. The molecule has 0 aromatic rings. The second-order valence-electron chi connectivity index (χ2n) is 17.1. The van der Waals surface area contributed by atoms with Crippen LogP contribution in [0.2, 0.25) is 0 Å². The Labute approximate surface area is 354 Å². The lowest BCUT2D eigenvalue weighted by Crippen LogP contribution is -2.28. The van der Waals surface area contributed by atoms with Crippen LogP contribution in [-0.4, -0.2) is 49.9 Å². The highest BCUT2D eigenvalue weighted by atomic mass is 31.2. The monoisotopic (exact) mass is 832 g/mol. The molecular weight excluding hydrogens is 734 g/mol. The van der Waals surface area contributed by atoms with Gasteiger partial charge in [0.15, 0.2) is 0 Å². The highest BCUT2D eigenvalue weighted by molar-refractivity contribution is 7.47. The van der Waals surface area contributed by atoms with Crippen molar-refractivity contribution in [3.8, 4) is 0 Å². The first kappa shape index (κ1) is 56.5. The van der Waals surface area contributed by atoms with Crippen molar-refractivity contribution in [2.75, 3.05) is 33.0 Å². The van der Waals surface area contributed by atoms with Crippen LogP contribution >= 0.6 is 7.82 Å². The fraction of sp³-hybridized carbons (Fsp3) is 0.979. The van der Waals surface area contributed by atoms with Crippen molar-refractivity contribution in [1.29, 1.82) is 0 Å². The highest BCUT2D eigenvalue weighted by Crippen LogP contribution is 2.43. The Hall–Kier alpha value is -0.500. The largest absolute Gasteiger partial charge is 0.472 e. The molecule has 0 radical (unpaired) electrons. The lowest BCUT2D eigenvalue weighted by molar-refractivity contribution is -0.154. The topological polar surface area (TPSA) is 117 Å². The third-order valence-electron chi connectivity index (χ3n) is 11.3. The molecule has 3 N–H and O–H groups in total. The molecule has 2 unspecified atom stereocenters. The molecule has 0 aromatic heterocycles. The lowest BCUT2D eigenvalue weighted by Gasteiger charge is -2.20. The minimum absolute atomic E-state index is 0.0898. The first-order valence-electron chi connectivity index (χ1n) is 25.0. The molecule has 0 heterocycles. The Bertz CT molecular complexity index is 848. The van der Waals surface area contributed by atoms with Gasteiger partial charge in [0.1, 0.15) is 6.10 Å². The summed E-state index contributed by atoms with van der Waals surface area (Å²) >= 11 is 0. The van der Waals surface area contributed by atoms with E-state index in [0.29, 0.717) is 13.0 Å². The molecule has 0 saturated carbocycles. The van der Waals surface area contributed by atoms with Crippen LogP contribution in [0.5, 0.6) is 0 Å². The predicted octanol–water partition coefficient (Wildman–Crippen LogP) is 15.3. The van der Waals surface area contributed by atoms with Crippen LogP contribution in [0.25, 0.3) is 0 Å². The van der Waals surface area contributed by atoms with E-state index in [2.05, 4.69) is 13.8 Å². The van der Waals surface area contributed by atoms with E-state index in [1.54, 1.807) is 0 Å². The van der Waals surface area contributed by atoms with E-state index in [4.69, 9.17) is 24.3 Å². The molecule has 0 aliphatic heterocycles. The van der Waals surface area contributed by atoms with E-state index in [1.165, 1.54) is 212 Å². The molecule has 0 spiro atoms.